The van der Waals surface area contributed by atoms with Crippen molar-refractivity contribution in [3.05, 3.63) is 64.7 Å². The Hall–Kier alpha value is -2.42. The number of amides is 2. The Morgan fingerprint density at radius 1 is 0.943 bits per heavy atom. The van der Waals surface area contributed by atoms with Gasteiger partial charge in [-0.15, -0.1) is 0 Å². The summed E-state index contributed by atoms with van der Waals surface area (Å²) in [6.45, 7) is 0.565. The van der Waals surface area contributed by atoms with Gasteiger partial charge in [-0.25, -0.2) is 12.7 Å². The smallest absolute Gasteiger partial charge is 0.253 e. The standard InChI is InChI=1S/C26H32ClN3O4S/c27-21-8-6-7-19(17-21)18-35(33,34)30-15-13-20(14-16-30)25(31)29-24-12-5-4-11-23(24)26(32)28-22-9-2-1-3-10-22/h4-8,11-12,17,20,22H,1-3,9-10,13-16,18H2,(H,28,32)(H,29,31). The highest BCUT2D eigenvalue weighted by Crippen LogP contribution is 2.25. The fourth-order valence-electron chi connectivity index (χ4n) is 4.86. The van der Waals surface area contributed by atoms with Crippen LogP contribution in [0.15, 0.2) is 48.5 Å². The fourth-order valence-corrected chi connectivity index (χ4v) is 6.62. The number of carbonyl (C=O) groups excluding carboxylic acids is 2. The molecule has 0 aromatic heterocycles. The summed E-state index contributed by atoms with van der Waals surface area (Å²) in [4.78, 5) is 25.9. The van der Waals surface area contributed by atoms with E-state index in [2.05, 4.69) is 10.6 Å². The topological polar surface area (TPSA) is 95.6 Å². The highest BCUT2D eigenvalue weighted by molar-refractivity contribution is 7.88. The van der Waals surface area contributed by atoms with Crippen molar-refractivity contribution in [3.63, 3.8) is 0 Å². The Balaban J connectivity index is 1.33. The van der Waals surface area contributed by atoms with Crippen LogP contribution < -0.4 is 10.6 Å². The summed E-state index contributed by atoms with van der Waals surface area (Å²) in [5.41, 5.74) is 1.58. The summed E-state index contributed by atoms with van der Waals surface area (Å²) in [5.74, 6) is -0.792. The van der Waals surface area contributed by atoms with Gasteiger partial charge in [0.15, 0.2) is 0 Å². The molecule has 2 aromatic rings. The first-order valence-electron chi connectivity index (χ1n) is 12.2. The van der Waals surface area contributed by atoms with Gasteiger partial charge in [0.05, 0.1) is 17.0 Å². The molecule has 0 atom stereocenters. The van der Waals surface area contributed by atoms with Crippen molar-refractivity contribution in [3.8, 4) is 0 Å². The molecule has 1 aliphatic carbocycles. The number of hydrogen-bond acceptors (Lipinski definition) is 4. The van der Waals surface area contributed by atoms with Crippen LogP contribution in [-0.2, 0) is 20.6 Å². The van der Waals surface area contributed by atoms with Gasteiger partial charge < -0.3 is 10.6 Å². The van der Waals surface area contributed by atoms with Crippen molar-refractivity contribution in [1.29, 1.82) is 0 Å². The van der Waals surface area contributed by atoms with Gasteiger partial charge in [0.1, 0.15) is 0 Å². The Morgan fingerprint density at radius 2 is 1.66 bits per heavy atom. The van der Waals surface area contributed by atoms with E-state index < -0.39 is 10.0 Å². The largest absolute Gasteiger partial charge is 0.349 e. The van der Waals surface area contributed by atoms with Crippen molar-refractivity contribution in [1.82, 2.24) is 9.62 Å². The van der Waals surface area contributed by atoms with E-state index in [4.69, 9.17) is 11.6 Å². The third-order valence-corrected chi connectivity index (χ3v) is 8.91. The summed E-state index contributed by atoms with van der Waals surface area (Å²) >= 11 is 5.98. The maximum absolute atomic E-state index is 13.0. The first-order valence-corrected chi connectivity index (χ1v) is 14.2. The van der Waals surface area contributed by atoms with Crippen molar-refractivity contribution < 1.29 is 18.0 Å². The molecule has 7 nitrogen and oxygen atoms in total. The number of benzene rings is 2. The third-order valence-electron chi connectivity index (χ3n) is 6.83. The lowest BCUT2D eigenvalue weighted by Gasteiger charge is -2.30. The van der Waals surface area contributed by atoms with Crippen LogP contribution in [0, 0.1) is 5.92 Å². The van der Waals surface area contributed by atoms with Gasteiger partial charge >= 0.3 is 0 Å². The number of nitrogens with zero attached hydrogens (tertiary/aromatic N) is 1. The molecule has 2 fully saturated rings. The van der Waals surface area contributed by atoms with E-state index in [-0.39, 0.29) is 42.6 Å². The number of nitrogens with one attached hydrogen (secondary N) is 2. The zero-order chi connectivity index (χ0) is 24.8. The summed E-state index contributed by atoms with van der Waals surface area (Å²) in [7, 11) is -3.50. The maximum atomic E-state index is 13.0. The lowest BCUT2D eigenvalue weighted by molar-refractivity contribution is -0.120. The zero-order valence-corrected chi connectivity index (χ0v) is 21.3. The van der Waals surface area contributed by atoms with Crippen molar-refractivity contribution in [2.75, 3.05) is 18.4 Å². The highest BCUT2D eigenvalue weighted by Gasteiger charge is 2.31. The third kappa shape index (κ3) is 6.84. The van der Waals surface area contributed by atoms with Gasteiger partial charge in [-0.2, -0.15) is 0 Å². The molecule has 0 unspecified atom stereocenters. The van der Waals surface area contributed by atoms with E-state index in [1.54, 1.807) is 48.5 Å². The molecule has 35 heavy (non-hydrogen) atoms. The van der Waals surface area contributed by atoms with E-state index in [0.29, 0.717) is 34.7 Å². The van der Waals surface area contributed by atoms with Crippen LogP contribution in [0.5, 0.6) is 0 Å². The molecular formula is C26H32ClN3O4S. The molecule has 2 N–H and O–H groups in total. The first-order chi connectivity index (χ1) is 16.8. The number of sulfonamides is 1. The van der Waals surface area contributed by atoms with Crippen LogP contribution in [0.25, 0.3) is 0 Å². The van der Waals surface area contributed by atoms with Crippen LogP contribution in [0.2, 0.25) is 5.02 Å². The predicted octanol–water partition coefficient (Wildman–Crippen LogP) is 4.58. The van der Waals surface area contributed by atoms with E-state index in [9.17, 15) is 18.0 Å². The molecule has 2 amide bonds. The number of anilines is 1. The van der Waals surface area contributed by atoms with Gasteiger partial charge in [0, 0.05) is 30.1 Å². The fraction of sp³-hybridized carbons (Fsp3) is 0.462. The zero-order valence-electron chi connectivity index (χ0n) is 19.7. The van der Waals surface area contributed by atoms with Gasteiger partial charge in [0.25, 0.3) is 5.91 Å². The predicted molar refractivity (Wildman–Crippen MR) is 138 cm³/mol. The second kappa shape index (κ2) is 11.5. The summed E-state index contributed by atoms with van der Waals surface area (Å²) < 4.78 is 27.2. The van der Waals surface area contributed by atoms with Crippen molar-refractivity contribution in [2.45, 2.75) is 56.7 Å². The number of piperidine rings is 1. The van der Waals surface area contributed by atoms with Gasteiger partial charge in [-0.1, -0.05) is 55.1 Å². The van der Waals surface area contributed by atoms with Gasteiger partial charge in [0.2, 0.25) is 15.9 Å². The monoisotopic (exact) mass is 517 g/mol. The minimum Gasteiger partial charge on any atom is -0.349 e. The minimum absolute atomic E-state index is 0.117. The normalized spacial score (nSPS) is 18.2. The molecule has 0 spiro atoms. The second-order valence-corrected chi connectivity index (χ2v) is 11.8. The molecule has 2 aliphatic rings. The molecule has 9 heteroatoms. The molecule has 1 saturated carbocycles. The summed E-state index contributed by atoms with van der Waals surface area (Å²) in [6.07, 6.45) is 6.28. The molecule has 2 aromatic carbocycles. The highest BCUT2D eigenvalue weighted by atomic mass is 35.5. The molecule has 0 radical (unpaired) electrons. The van der Waals surface area contributed by atoms with E-state index >= 15 is 0 Å². The van der Waals surface area contributed by atoms with Gasteiger partial charge in [-0.05, 0) is 55.5 Å². The quantitative estimate of drug-likeness (QED) is 0.561. The van der Waals surface area contributed by atoms with Crippen molar-refractivity contribution in [2.24, 2.45) is 5.92 Å². The molecule has 1 saturated heterocycles. The lowest BCUT2D eigenvalue weighted by atomic mass is 9.95. The minimum atomic E-state index is -3.50. The SMILES string of the molecule is O=C(NC1CCCCC1)c1ccccc1NC(=O)C1CCN(S(=O)(=O)Cc2cccc(Cl)c2)CC1. The van der Waals surface area contributed by atoms with Crippen LogP contribution in [0.4, 0.5) is 5.69 Å². The molecular weight excluding hydrogens is 486 g/mol. The number of hydrogen-bond donors (Lipinski definition) is 2. The summed E-state index contributed by atoms with van der Waals surface area (Å²) in [6, 6.07) is 14.0. The molecule has 4 rings (SSSR count). The summed E-state index contributed by atoms with van der Waals surface area (Å²) in [5, 5.41) is 6.52. The van der Waals surface area contributed by atoms with E-state index in [1.165, 1.54) is 10.7 Å². The van der Waals surface area contributed by atoms with Crippen LogP contribution >= 0.6 is 11.6 Å². The number of halogens is 1. The average molecular weight is 518 g/mol. The Kier molecular flexibility index (Phi) is 8.46. The number of carbonyl (C=O) groups is 2. The average Bonchev–Trinajstić information content (AvgIpc) is 2.85. The first kappa shape index (κ1) is 25.7. The Morgan fingerprint density at radius 3 is 2.37 bits per heavy atom. The van der Waals surface area contributed by atoms with Gasteiger partial charge in [-0.3, -0.25) is 9.59 Å². The van der Waals surface area contributed by atoms with E-state index in [0.717, 1.165) is 25.7 Å². The molecule has 1 heterocycles. The molecule has 0 bridgehead atoms. The second-order valence-electron chi connectivity index (χ2n) is 9.40. The lowest BCUT2D eigenvalue weighted by Crippen LogP contribution is -2.42. The maximum Gasteiger partial charge on any atom is 0.253 e. The number of rotatable bonds is 7. The number of para-hydroxylation sites is 1. The Bertz CT molecular complexity index is 1160. The van der Waals surface area contributed by atoms with Crippen molar-refractivity contribution >= 4 is 39.1 Å². The van der Waals surface area contributed by atoms with Crippen LogP contribution in [0.1, 0.15) is 60.9 Å². The van der Waals surface area contributed by atoms with E-state index in [1.807, 2.05) is 0 Å². The van der Waals surface area contributed by atoms with Crippen LogP contribution in [-0.4, -0.2) is 43.7 Å². The molecule has 1 aliphatic heterocycles. The van der Waals surface area contributed by atoms with Crippen LogP contribution in [0.3, 0.4) is 0 Å². The molecule has 188 valence electrons. The Labute approximate surface area is 212 Å².